The van der Waals surface area contributed by atoms with E-state index in [-0.39, 0.29) is 23.6 Å². The van der Waals surface area contributed by atoms with E-state index in [0.29, 0.717) is 15.8 Å². The Hall–Kier alpha value is -2.98. The number of fused-ring (bicyclic) bond motifs is 1. The molecule has 2 heterocycles. The van der Waals surface area contributed by atoms with Crippen molar-refractivity contribution in [2.75, 3.05) is 0 Å². The molecule has 108 valence electrons. The molecular weight excluding hydrogens is 302 g/mol. The third kappa shape index (κ3) is 2.73. The van der Waals surface area contributed by atoms with Crippen molar-refractivity contribution in [2.45, 2.75) is 6.61 Å². The number of nitriles is 1. The lowest BCUT2D eigenvalue weighted by Crippen LogP contribution is -2.13. The summed E-state index contributed by atoms with van der Waals surface area (Å²) in [6.45, 7) is -0.142. The first-order valence-corrected chi connectivity index (χ1v) is 7.19. The van der Waals surface area contributed by atoms with Crippen LogP contribution in [0.3, 0.4) is 0 Å². The van der Waals surface area contributed by atoms with E-state index in [1.165, 1.54) is 17.4 Å². The number of nitrogens with zero attached hydrogens (tertiary/aromatic N) is 2. The summed E-state index contributed by atoms with van der Waals surface area (Å²) in [4.78, 5) is 30.5. The Morgan fingerprint density at radius 3 is 3.09 bits per heavy atom. The molecule has 0 saturated heterocycles. The summed E-state index contributed by atoms with van der Waals surface area (Å²) < 4.78 is 5.66. The number of benzene rings is 1. The van der Waals surface area contributed by atoms with Gasteiger partial charge < -0.3 is 9.72 Å². The Kier molecular flexibility index (Phi) is 3.68. The third-order valence-corrected chi connectivity index (χ3v) is 3.83. The second-order valence-electron chi connectivity index (χ2n) is 4.42. The van der Waals surface area contributed by atoms with Crippen LogP contribution in [0.4, 0.5) is 0 Å². The van der Waals surface area contributed by atoms with Crippen LogP contribution in [0.1, 0.15) is 21.7 Å². The van der Waals surface area contributed by atoms with Gasteiger partial charge in [-0.05, 0) is 29.6 Å². The van der Waals surface area contributed by atoms with Crippen molar-refractivity contribution < 1.29 is 9.53 Å². The largest absolute Gasteiger partial charge is 0.454 e. The van der Waals surface area contributed by atoms with Gasteiger partial charge in [0.05, 0.1) is 22.7 Å². The van der Waals surface area contributed by atoms with Crippen molar-refractivity contribution in [1.29, 1.82) is 5.26 Å². The maximum Gasteiger partial charge on any atom is 0.338 e. The highest BCUT2D eigenvalue weighted by Gasteiger charge is 2.10. The highest BCUT2D eigenvalue weighted by Crippen LogP contribution is 2.14. The van der Waals surface area contributed by atoms with Gasteiger partial charge in [0.25, 0.3) is 5.56 Å². The van der Waals surface area contributed by atoms with Crippen LogP contribution in [-0.4, -0.2) is 15.9 Å². The number of hydrogen-bond donors (Lipinski definition) is 1. The van der Waals surface area contributed by atoms with Gasteiger partial charge in [-0.3, -0.25) is 4.79 Å². The predicted octanol–water partition coefficient (Wildman–Crippen LogP) is 2.21. The number of carbonyl (C=O) groups is 1. The Morgan fingerprint density at radius 2 is 2.27 bits per heavy atom. The number of carbonyl (C=O) groups excluding carboxylic acids is 1. The molecule has 7 heteroatoms. The Bertz CT molecular complexity index is 952. The highest BCUT2D eigenvalue weighted by molar-refractivity contribution is 7.17. The smallest absolute Gasteiger partial charge is 0.338 e. The van der Waals surface area contributed by atoms with E-state index in [0.717, 1.165) is 0 Å². The van der Waals surface area contributed by atoms with Gasteiger partial charge in [0.1, 0.15) is 17.1 Å². The minimum Gasteiger partial charge on any atom is -0.454 e. The Morgan fingerprint density at radius 1 is 1.41 bits per heavy atom. The number of thiophene rings is 1. The summed E-state index contributed by atoms with van der Waals surface area (Å²) in [5.74, 6) is -0.300. The van der Waals surface area contributed by atoms with Crippen LogP contribution < -0.4 is 5.56 Å². The number of hydrogen-bond acceptors (Lipinski definition) is 6. The van der Waals surface area contributed by atoms with Gasteiger partial charge in [0.2, 0.25) is 0 Å². The van der Waals surface area contributed by atoms with E-state index in [4.69, 9.17) is 10.00 Å². The molecule has 0 bridgehead atoms. The van der Waals surface area contributed by atoms with Crippen LogP contribution in [0.2, 0.25) is 0 Å². The number of ether oxygens (including phenoxy) is 1. The molecule has 2 aromatic heterocycles. The number of aromatic nitrogens is 2. The van der Waals surface area contributed by atoms with Crippen LogP contribution in [0.5, 0.6) is 0 Å². The lowest BCUT2D eigenvalue weighted by atomic mass is 10.1. The summed E-state index contributed by atoms with van der Waals surface area (Å²) in [6.07, 6.45) is 0. The van der Waals surface area contributed by atoms with Gasteiger partial charge in [0, 0.05) is 0 Å². The molecule has 3 aromatic rings. The van der Waals surface area contributed by atoms with E-state index >= 15 is 0 Å². The standard InChI is InChI=1S/C15H9N3O3S/c16-7-9-2-1-3-10(6-9)15(20)21-8-12-17-11-4-5-22-13(11)14(19)18-12/h1-6H,8H2,(H,17,18,19). The van der Waals surface area contributed by atoms with Crippen LogP contribution in [0.15, 0.2) is 40.5 Å². The summed E-state index contributed by atoms with van der Waals surface area (Å²) in [6, 6.07) is 9.89. The topological polar surface area (TPSA) is 95.8 Å². The lowest BCUT2D eigenvalue weighted by Gasteiger charge is -2.04. The SMILES string of the molecule is N#Cc1cccc(C(=O)OCc2nc3ccsc3c(=O)[nH]2)c1. The van der Waals surface area contributed by atoms with Crippen molar-refractivity contribution >= 4 is 27.5 Å². The van der Waals surface area contributed by atoms with E-state index < -0.39 is 5.97 Å². The second kappa shape index (κ2) is 5.79. The monoisotopic (exact) mass is 311 g/mol. The molecule has 0 atom stereocenters. The zero-order chi connectivity index (χ0) is 15.5. The Labute approximate surface area is 128 Å². The molecule has 0 amide bonds. The van der Waals surface area contributed by atoms with Gasteiger partial charge in [-0.15, -0.1) is 11.3 Å². The van der Waals surface area contributed by atoms with Crippen molar-refractivity contribution in [3.8, 4) is 6.07 Å². The fourth-order valence-electron chi connectivity index (χ4n) is 1.92. The van der Waals surface area contributed by atoms with E-state index in [1.807, 2.05) is 6.07 Å². The third-order valence-electron chi connectivity index (χ3n) is 2.93. The molecule has 0 unspecified atom stereocenters. The van der Waals surface area contributed by atoms with Gasteiger partial charge >= 0.3 is 5.97 Å². The number of esters is 1. The average molecular weight is 311 g/mol. The molecular formula is C15H9N3O3S. The first-order chi connectivity index (χ1) is 10.7. The quantitative estimate of drug-likeness (QED) is 0.748. The molecule has 1 aromatic carbocycles. The van der Waals surface area contributed by atoms with Crippen LogP contribution in [0, 0.1) is 11.3 Å². The second-order valence-corrected chi connectivity index (χ2v) is 5.33. The van der Waals surface area contributed by atoms with E-state index in [9.17, 15) is 9.59 Å². The molecule has 6 nitrogen and oxygen atoms in total. The maximum atomic E-state index is 11.9. The minimum absolute atomic E-state index is 0.142. The molecule has 0 fully saturated rings. The zero-order valence-corrected chi connectivity index (χ0v) is 12.0. The van der Waals surface area contributed by atoms with Gasteiger partial charge in [0.15, 0.2) is 0 Å². The number of rotatable bonds is 3. The molecule has 0 saturated carbocycles. The molecule has 0 aliphatic heterocycles. The molecule has 0 aliphatic carbocycles. The summed E-state index contributed by atoms with van der Waals surface area (Å²) >= 11 is 1.30. The van der Waals surface area contributed by atoms with Crippen LogP contribution in [0.25, 0.3) is 10.2 Å². The first-order valence-electron chi connectivity index (χ1n) is 6.31. The maximum absolute atomic E-state index is 11.9. The number of aromatic amines is 1. The highest BCUT2D eigenvalue weighted by atomic mass is 32.1. The molecule has 0 radical (unpaired) electrons. The summed E-state index contributed by atoms with van der Waals surface area (Å²) in [5.41, 5.74) is 0.975. The van der Waals surface area contributed by atoms with Crippen molar-refractivity contribution in [3.63, 3.8) is 0 Å². The molecule has 0 spiro atoms. The zero-order valence-electron chi connectivity index (χ0n) is 11.2. The lowest BCUT2D eigenvalue weighted by molar-refractivity contribution is 0.0462. The normalized spacial score (nSPS) is 10.3. The summed E-state index contributed by atoms with van der Waals surface area (Å²) in [5, 5.41) is 10.6. The van der Waals surface area contributed by atoms with Crippen LogP contribution in [-0.2, 0) is 11.3 Å². The molecule has 3 rings (SSSR count). The van der Waals surface area contributed by atoms with Crippen LogP contribution >= 0.6 is 11.3 Å². The van der Waals surface area contributed by atoms with Crippen molar-refractivity contribution in [1.82, 2.24) is 9.97 Å². The average Bonchev–Trinajstić information content (AvgIpc) is 3.01. The first kappa shape index (κ1) is 14.0. The predicted molar refractivity (Wildman–Crippen MR) is 80.5 cm³/mol. The van der Waals surface area contributed by atoms with Crippen molar-refractivity contribution in [3.05, 3.63) is 63.0 Å². The van der Waals surface area contributed by atoms with Crippen molar-refractivity contribution in [2.24, 2.45) is 0 Å². The molecule has 1 N–H and O–H groups in total. The fourth-order valence-corrected chi connectivity index (χ4v) is 2.65. The Balaban J connectivity index is 1.77. The van der Waals surface area contributed by atoms with E-state index in [1.54, 1.807) is 29.6 Å². The minimum atomic E-state index is -0.579. The molecule has 22 heavy (non-hydrogen) atoms. The number of nitrogens with one attached hydrogen (secondary N) is 1. The summed E-state index contributed by atoms with van der Waals surface area (Å²) in [7, 11) is 0. The van der Waals surface area contributed by atoms with E-state index in [2.05, 4.69) is 9.97 Å². The van der Waals surface area contributed by atoms with Gasteiger partial charge in [-0.25, -0.2) is 9.78 Å². The fraction of sp³-hybridized carbons (Fsp3) is 0.0667. The number of H-pyrrole nitrogens is 1. The molecule has 0 aliphatic rings. The van der Waals surface area contributed by atoms with Gasteiger partial charge in [-0.1, -0.05) is 6.07 Å². The van der Waals surface area contributed by atoms with Gasteiger partial charge in [-0.2, -0.15) is 5.26 Å².